The molecule has 1 aromatic heterocycles. The summed E-state index contributed by atoms with van der Waals surface area (Å²) in [6.45, 7) is 3.99. The Morgan fingerprint density at radius 2 is 2.15 bits per heavy atom. The van der Waals surface area contributed by atoms with E-state index in [1.54, 1.807) is 18.2 Å². The Morgan fingerprint density at radius 3 is 2.81 bits per heavy atom. The van der Waals surface area contributed by atoms with Gasteiger partial charge < -0.3 is 15.7 Å². The largest absolute Gasteiger partial charge is 0.465 e. The molecule has 0 spiro atoms. The number of carbonyl (C=O) groups is 2. The van der Waals surface area contributed by atoms with Crippen LogP contribution in [0.15, 0.2) is 29.6 Å². The van der Waals surface area contributed by atoms with Gasteiger partial charge in [-0.25, -0.2) is 9.78 Å². The second-order valence-electron chi connectivity index (χ2n) is 6.25. The molecule has 1 heterocycles. The van der Waals surface area contributed by atoms with Gasteiger partial charge in [-0.2, -0.15) is 5.26 Å². The van der Waals surface area contributed by atoms with Crippen molar-refractivity contribution in [2.45, 2.75) is 26.3 Å². The van der Waals surface area contributed by atoms with Gasteiger partial charge in [-0.15, -0.1) is 11.3 Å². The van der Waals surface area contributed by atoms with Crippen LogP contribution in [0.5, 0.6) is 0 Å². The SMILES string of the molecule is CC(C)C[C@H](Nc1nc(-c2cccc(NC(=O)O)c2)cs1)C(=O)NCC#N. The second-order valence-corrected chi connectivity index (χ2v) is 7.11. The summed E-state index contributed by atoms with van der Waals surface area (Å²) in [7, 11) is 0. The molecular formula is C18H21N5O3S. The lowest BCUT2D eigenvalue weighted by atomic mass is 10.0. The number of aromatic nitrogens is 1. The smallest absolute Gasteiger partial charge is 0.409 e. The molecule has 0 aliphatic rings. The van der Waals surface area contributed by atoms with E-state index in [9.17, 15) is 9.59 Å². The first-order valence-corrected chi connectivity index (χ1v) is 9.24. The zero-order valence-electron chi connectivity index (χ0n) is 15.0. The molecule has 0 aliphatic carbocycles. The van der Waals surface area contributed by atoms with Crippen LogP contribution in [-0.2, 0) is 4.79 Å². The van der Waals surface area contributed by atoms with Crippen LogP contribution < -0.4 is 16.0 Å². The maximum absolute atomic E-state index is 12.3. The molecule has 2 rings (SSSR count). The number of rotatable bonds is 8. The third-order valence-corrected chi connectivity index (χ3v) is 4.35. The Hall–Kier alpha value is -3.12. The summed E-state index contributed by atoms with van der Waals surface area (Å²) in [6, 6.07) is 8.32. The summed E-state index contributed by atoms with van der Waals surface area (Å²) < 4.78 is 0. The summed E-state index contributed by atoms with van der Waals surface area (Å²) in [5.74, 6) is 0.0446. The van der Waals surface area contributed by atoms with Crippen LogP contribution in [0.2, 0.25) is 0 Å². The van der Waals surface area contributed by atoms with Crippen molar-refractivity contribution in [3.8, 4) is 17.3 Å². The summed E-state index contributed by atoms with van der Waals surface area (Å²) in [6.07, 6.45) is -0.530. The second kappa shape index (κ2) is 9.54. The maximum Gasteiger partial charge on any atom is 0.409 e. The topological polar surface area (TPSA) is 127 Å². The van der Waals surface area contributed by atoms with Crippen LogP contribution in [-0.4, -0.2) is 34.7 Å². The Kier molecular flexibility index (Phi) is 7.14. The van der Waals surface area contributed by atoms with Gasteiger partial charge in [-0.05, 0) is 24.5 Å². The summed E-state index contributed by atoms with van der Waals surface area (Å²) in [5.41, 5.74) is 1.90. The fourth-order valence-corrected chi connectivity index (χ4v) is 3.23. The standard InChI is InChI=1S/C18H21N5O3S/c1-11(2)8-14(16(24)20-7-6-19)22-17-23-15(10-27-17)12-4-3-5-13(9-12)21-18(25)26/h3-5,9-11,14,21H,7-8H2,1-2H3,(H,20,24)(H,22,23)(H,25,26)/t14-/m0/s1. The predicted octanol–water partition coefficient (Wildman–Crippen LogP) is 3.37. The maximum atomic E-state index is 12.3. The number of nitriles is 1. The van der Waals surface area contributed by atoms with Crippen molar-refractivity contribution < 1.29 is 14.7 Å². The fourth-order valence-electron chi connectivity index (χ4n) is 2.45. The fraction of sp³-hybridized carbons (Fsp3) is 0.333. The van der Waals surface area contributed by atoms with Gasteiger partial charge in [0.05, 0.1) is 11.8 Å². The van der Waals surface area contributed by atoms with Gasteiger partial charge in [0.25, 0.3) is 0 Å². The Labute approximate surface area is 161 Å². The molecule has 0 fully saturated rings. The number of hydrogen-bond acceptors (Lipinski definition) is 6. The quantitative estimate of drug-likeness (QED) is 0.514. The highest BCUT2D eigenvalue weighted by molar-refractivity contribution is 7.14. The average molecular weight is 387 g/mol. The summed E-state index contributed by atoms with van der Waals surface area (Å²) in [5, 5.41) is 27.9. The first-order valence-electron chi connectivity index (χ1n) is 8.36. The number of carboxylic acid groups (broad SMARTS) is 1. The molecule has 2 amide bonds. The molecule has 27 heavy (non-hydrogen) atoms. The highest BCUT2D eigenvalue weighted by Gasteiger charge is 2.20. The summed E-state index contributed by atoms with van der Waals surface area (Å²) in [4.78, 5) is 27.5. The molecule has 0 radical (unpaired) electrons. The predicted molar refractivity (Wildman–Crippen MR) is 105 cm³/mol. The molecule has 142 valence electrons. The minimum absolute atomic E-state index is 0.0401. The van der Waals surface area contributed by atoms with Gasteiger partial charge >= 0.3 is 6.09 Å². The van der Waals surface area contributed by atoms with Gasteiger partial charge in [-0.3, -0.25) is 10.1 Å². The summed E-state index contributed by atoms with van der Waals surface area (Å²) >= 11 is 1.36. The zero-order valence-corrected chi connectivity index (χ0v) is 15.8. The van der Waals surface area contributed by atoms with Crippen LogP contribution in [0.1, 0.15) is 20.3 Å². The average Bonchev–Trinajstić information content (AvgIpc) is 3.07. The third-order valence-electron chi connectivity index (χ3n) is 3.58. The van der Waals surface area contributed by atoms with Crippen molar-refractivity contribution in [1.29, 1.82) is 5.26 Å². The third kappa shape index (κ3) is 6.27. The van der Waals surface area contributed by atoms with Crippen LogP contribution in [0.3, 0.4) is 0 Å². The van der Waals surface area contributed by atoms with Crippen molar-refractivity contribution in [3.63, 3.8) is 0 Å². The van der Waals surface area contributed by atoms with Crippen molar-refractivity contribution >= 4 is 34.2 Å². The Morgan fingerprint density at radius 1 is 1.37 bits per heavy atom. The van der Waals surface area contributed by atoms with Crippen LogP contribution in [0.25, 0.3) is 11.3 Å². The molecular weight excluding hydrogens is 366 g/mol. The normalized spacial score (nSPS) is 11.5. The van der Waals surface area contributed by atoms with Crippen LogP contribution in [0, 0.1) is 17.2 Å². The lowest BCUT2D eigenvalue weighted by molar-refractivity contribution is -0.121. The van der Waals surface area contributed by atoms with E-state index >= 15 is 0 Å². The van der Waals surface area contributed by atoms with E-state index in [0.29, 0.717) is 22.9 Å². The van der Waals surface area contributed by atoms with Crippen LogP contribution >= 0.6 is 11.3 Å². The van der Waals surface area contributed by atoms with Crippen molar-refractivity contribution in [2.24, 2.45) is 5.92 Å². The number of nitrogens with zero attached hydrogens (tertiary/aromatic N) is 2. The van der Waals surface area contributed by atoms with E-state index in [-0.39, 0.29) is 18.4 Å². The number of benzene rings is 1. The molecule has 0 saturated heterocycles. The molecule has 9 heteroatoms. The lowest BCUT2D eigenvalue weighted by Gasteiger charge is -2.18. The van der Waals surface area contributed by atoms with Gasteiger partial charge in [0.1, 0.15) is 12.6 Å². The number of carbonyl (C=O) groups excluding carboxylic acids is 1. The minimum Gasteiger partial charge on any atom is -0.465 e. The number of anilines is 2. The van der Waals surface area contributed by atoms with E-state index in [4.69, 9.17) is 10.4 Å². The first kappa shape index (κ1) is 20.2. The number of amides is 2. The van der Waals surface area contributed by atoms with E-state index in [1.165, 1.54) is 11.3 Å². The molecule has 1 atom stereocenters. The Balaban J connectivity index is 2.14. The Bertz CT molecular complexity index is 844. The highest BCUT2D eigenvalue weighted by atomic mass is 32.1. The lowest BCUT2D eigenvalue weighted by Crippen LogP contribution is -2.40. The molecule has 4 N–H and O–H groups in total. The molecule has 0 saturated carbocycles. The van der Waals surface area contributed by atoms with E-state index < -0.39 is 12.1 Å². The number of nitrogens with one attached hydrogen (secondary N) is 3. The minimum atomic E-state index is -1.13. The van der Waals surface area contributed by atoms with Crippen molar-refractivity contribution in [1.82, 2.24) is 10.3 Å². The molecule has 0 unspecified atom stereocenters. The van der Waals surface area contributed by atoms with E-state index in [2.05, 4.69) is 20.9 Å². The molecule has 2 aromatic rings. The molecule has 1 aromatic carbocycles. The van der Waals surface area contributed by atoms with E-state index in [1.807, 2.05) is 31.4 Å². The molecule has 0 bridgehead atoms. The monoisotopic (exact) mass is 387 g/mol. The first-order chi connectivity index (χ1) is 12.9. The van der Waals surface area contributed by atoms with Crippen molar-refractivity contribution in [2.75, 3.05) is 17.2 Å². The zero-order chi connectivity index (χ0) is 19.8. The van der Waals surface area contributed by atoms with Gasteiger partial charge in [-0.1, -0.05) is 26.0 Å². The van der Waals surface area contributed by atoms with Gasteiger partial charge in [0.2, 0.25) is 5.91 Å². The van der Waals surface area contributed by atoms with Gasteiger partial charge in [0, 0.05) is 16.6 Å². The van der Waals surface area contributed by atoms with Crippen molar-refractivity contribution in [3.05, 3.63) is 29.6 Å². The number of thiazole rings is 1. The highest BCUT2D eigenvalue weighted by Crippen LogP contribution is 2.27. The van der Waals surface area contributed by atoms with E-state index in [0.717, 1.165) is 5.56 Å². The molecule has 8 nitrogen and oxygen atoms in total. The van der Waals surface area contributed by atoms with Gasteiger partial charge in [0.15, 0.2) is 5.13 Å². The number of hydrogen-bond donors (Lipinski definition) is 4. The van der Waals surface area contributed by atoms with Crippen LogP contribution in [0.4, 0.5) is 15.6 Å². The molecule has 0 aliphatic heterocycles.